The van der Waals surface area contributed by atoms with E-state index in [1.807, 2.05) is 6.08 Å². The zero-order valence-corrected chi connectivity index (χ0v) is 12.3. The lowest BCUT2D eigenvalue weighted by Crippen LogP contribution is -2.14. The number of phenols is 2. The van der Waals surface area contributed by atoms with Gasteiger partial charge in [-0.2, -0.15) is 0 Å². The monoisotopic (exact) mass is 308 g/mol. The quantitative estimate of drug-likeness (QED) is 0.906. The van der Waals surface area contributed by atoms with Crippen LogP contribution in [0.4, 0.5) is 0 Å². The molecule has 1 heterocycles. The van der Waals surface area contributed by atoms with E-state index in [4.69, 9.17) is 4.74 Å². The van der Waals surface area contributed by atoms with Gasteiger partial charge in [0.05, 0.1) is 6.42 Å². The van der Waals surface area contributed by atoms with Gasteiger partial charge in [0.1, 0.15) is 23.4 Å². The van der Waals surface area contributed by atoms with E-state index in [9.17, 15) is 15.0 Å². The highest BCUT2D eigenvalue weighted by molar-refractivity contribution is 5.91. The molecule has 0 bridgehead atoms. The van der Waals surface area contributed by atoms with Gasteiger partial charge < -0.3 is 14.9 Å². The molecule has 0 aliphatic carbocycles. The lowest BCUT2D eigenvalue weighted by molar-refractivity contribution is -0.118. The van der Waals surface area contributed by atoms with Gasteiger partial charge in [0.25, 0.3) is 0 Å². The van der Waals surface area contributed by atoms with Crippen LogP contribution in [0.15, 0.2) is 66.4 Å². The minimum Gasteiger partial charge on any atom is -0.508 e. The first kappa shape index (κ1) is 14.9. The second-order valence-electron chi connectivity index (χ2n) is 5.34. The summed E-state index contributed by atoms with van der Waals surface area (Å²) in [7, 11) is 0. The molecule has 0 unspecified atom stereocenters. The Hall–Kier alpha value is -3.01. The van der Waals surface area contributed by atoms with Crippen molar-refractivity contribution in [3.63, 3.8) is 0 Å². The van der Waals surface area contributed by atoms with E-state index in [1.165, 1.54) is 6.08 Å². The largest absolute Gasteiger partial charge is 0.508 e. The fourth-order valence-corrected chi connectivity index (χ4v) is 2.37. The molecule has 2 aromatic rings. The van der Waals surface area contributed by atoms with Gasteiger partial charge in [0, 0.05) is 6.08 Å². The minimum atomic E-state index is -0.354. The van der Waals surface area contributed by atoms with Crippen LogP contribution in [0.1, 0.15) is 23.7 Å². The fourth-order valence-electron chi connectivity index (χ4n) is 2.37. The molecule has 23 heavy (non-hydrogen) atoms. The Morgan fingerprint density at radius 1 is 0.913 bits per heavy atom. The number of carbonyl (C=O) groups is 1. The molecule has 1 aliphatic heterocycles. The van der Waals surface area contributed by atoms with Crippen molar-refractivity contribution in [3.8, 4) is 11.5 Å². The van der Waals surface area contributed by atoms with Gasteiger partial charge in [0.15, 0.2) is 5.78 Å². The molecule has 0 radical (unpaired) electrons. The molecule has 2 aromatic carbocycles. The number of allylic oxidation sites excluding steroid dienone is 2. The predicted molar refractivity (Wildman–Crippen MR) is 86.8 cm³/mol. The summed E-state index contributed by atoms with van der Waals surface area (Å²) in [6.07, 6.45) is 4.96. The third-order valence-corrected chi connectivity index (χ3v) is 3.57. The maximum atomic E-state index is 11.9. The first-order chi connectivity index (χ1) is 11.1. The molecule has 2 N–H and O–H groups in total. The van der Waals surface area contributed by atoms with Crippen LogP contribution in [0.2, 0.25) is 0 Å². The van der Waals surface area contributed by atoms with Crippen molar-refractivity contribution in [1.82, 2.24) is 0 Å². The number of rotatable bonds is 3. The Bertz CT molecular complexity index is 755. The zero-order chi connectivity index (χ0) is 16.2. The summed E-state index contributed by atoms with van der Waals surface area (Å²) in [6.45, 7) is 0. The van der Waals surface area contributed by atoms with Crippen molar-refractivity contribution < 1.29 is 19.7 Å². The zero-order valence-electron chi connectivity index (χ0n) is 12.3. The molecule has 3 rings (SSSR count). The van der Waals surface area contributed by atoms with Gasteiger partial charge in [-0.1, -0.05) is 30.3 Å². The Morgan fingerprint density at radius 3 is 2.17 bits per heavy atom. The molecule has 0 saturated carbocycles. The van der Waals surface area contributed by atoms with Gasteiger partial charge in [-0.05, 0) is 41.5 Å². The lowest BCUT2D eigenvalue weighted by Gasteiger charge is -2.23. The van der Waals surface area contributed by atoms with Gasteiger partial charge in [-0.15, -0.1) is 0 Å². The van der Waals surface area contributed by atoms with Crippen molar-refractivity contribution in [3.05, 3.63) is 77.6 Å². The number of hydrogen-bond donors (Lipinski definition) is 2. The third-order valence-electron chi connectivity index (χ3n) is 3.57. The highest BCUT2D eigenvalue weighted by atomic mass is 16.5. The van der Waals surface area contributed by atoms with Crippen LogP contribution in [0, 0.1) is 0 Å². The molecule has 0 fully saturated rings. The Morgan fingerprint density at radius 2 is 1.52 bits per heavy atom. The molecular weight excluding hydrogens is 292 g/mol. The maximum absolute atomic E-state index is 11.9. The molecule has 0 aromatic heterocycles. The second-order valence-corrected chi connectivity index (χ2v) is 5.34. The first-order valence-electron chi connectivity index (χ1n) is 7.27. The fraction of sp³-hybridized carbons (Fsp3) is 0.105. The summed E-state index contributed by atoms with van der Waals surface area (Å²) < 4.78 is 5.85. The average Bonchev–Trinajstić information content (AvgIpc) is 2.54. The third kappa shape index (κ3) is 3.80. The van der Waals surface area contributed by atoms with Crippen LogP contribution in [-0.4, -0.2) is 16.0 Å². The van der Waals surface area contributed by atoms with E-state index in [0.29, 0.717) is 5.76 Å². The summed E-state index contributed by atoms with van der Waals surface area (Å²) >= 11 is 0. The molecule has 0 amide bonds. The van der Waals surface area contributed by atoms with Gasteiger partial charge >= 0.3 is 0 Å². The summed E-state index contributed by atoms with van der Waals surface area (Å²) in [5.41, 5.74) is 1.74. The standard InChI is InChI=1S/C19H16O4/c20-15-6-1-13(2-7-15)3-10-18-11-17(22)12-19(23-18)14-4-8-16(21)9-5-14/h1-11,19-21H,12H2/b10-3+/t19-/m0/s1. The molecule has 1 aliphatic rings. The van der Waals surface area contributed by atoms with Crippen molar-refractivity contribution in [2.24, 2.45) is 0 Å². The number of ketones is 1. The van der Waals surface area contributed by atoms with Crippen LogP contribution in [-0.2, 0) is 9.53 Å². The molecule has 4 heteroatoms. The van der Waals surface area contributed by atoms with Crippen LogP contribution < -0.4 is 0 Å². The number of ether oxygens (including phenoxy) is 1. The predicted octanol–water partition coefficient (Wildman–Crippen LogP) is 3.73. The van der Waals surface area contributed by atoms with Crippen molar-refractivity contribution in [2.75, 3.05) is 0 Å². The number of benzene rings is 2. The van der Waals surface area contributed by atoms with Crippen molar-refractivity contribution in [2.45, 2.75) is 12.5 Å². The van der Waals surface area contributed by atoms with Crippen molar-refractivity contribution >= 4 is 11.9 Å². The topological polar surface area (TPSA) is 66.8 Å². The summed E-state index contributed by atoms with van der Waals surface area (Å²) in [5.74, 6) is 0.879. The highest BCUT2D eigenvalue weighted by Crippen LogP contribution is 2.30. The summed E-state index contributed by atoms with van der Waals surface area (Å²) in [6, 6.07) is 13.4. The Balaban J connectivity index is 1.76. The van der Waals surface area contributed by atoms with Gasteiger partial charge in [-0.3, -0.25) is 4.79 Å². The molecule has 4 nitrogen and oxygen atoms in total. The summed E-state index contributed by atoms with van der Waals surface area (Å²) in [5, 5.41) is 18.6. The second kappa shape index (κ2) is 6.40. The number of aromatic hydroxyl groups is 2. The average molecular weight is 308 g/mol. The smallest absolute Gasteiger partial charge is 0.163 e. The number of carbonyl (C=O) groups excluding carboxylic acids is 1. The highest BCUT2D eigenvalue weighted by Gasteiger charge is 2.22. The van der Waals surface area contributed by atoms with Gasteiger partial charge in [-0.25, -0.2) is 0 Å². The lowest BCUT2D eigenvalue weighted by atomic mass is 10.0. The van der Waals surface area contributed by atoms with Crippen LogP contribution in [0.3, 0.4) is 0 Å². The molecular formula is C19H16O4. The normalized spacial score (nSPS) is 17.8. The van der Waals surface area contributed by atoms with Crippen LogP contribution in [0.5, 0.6) is 11.5 Å². The Labute approximate surface area is 134 Å². The van der Waals surface area contributed by atoms with E-state index < -0.39 is 0 Å². The maximum Gasteiger partial charge on any atom is 0.163 e. The van der Waals surface area contributed by atoms with E-state index in [0.717, 1.165) is 11.1 Å². The van der Waals surface area contributed by atoms with E-state index in [-0.39, 0.29) is 29.8 Å². The van der Waals surface area contributed by atoms with E-state index in [2.05, 4.69) is 0 Å². The SMILES string of the molecule is O=C1C=C(/C=C/c2ccc(O)cc2)O[C@H](c2ccc(O)cc2)C1. The summed E-state index contributed by atoms with van der Waals surface area (Å²) in [4.78, 5) is 11.9. The van der Waals surface area contributed by atoms with Crippen LogP contribution in [0.25, 0.3) is 6.08 Å². The van der Waals surface area contributed by atoms with Crippen LogP contribution >= 0.6 is 0 Å². The van der Waals surface area contributed by atoms with Crippen molar-refractivity contribution in [1.29, 1.82) is 0 Å². The molecule has 116 valence electrons. The molecule has 0 saturated heterocycles. The number of hydrogen-bond acceptors (Lipinski definition) is 4. The van der Waals surface area contributed by atoms with E-state index >= 15 is 0 Å². The first-order valence-corrected chi connectivity index (χ1v) is 7.27. The molecule has 0 spiro atoms. The Kier molecular flexibility index (Phi) is 4.15. The molecule has 1 atom stereocenters. The number of phenolic OH excluding ortho intramolecular Hbond substituents is 2. The van der Waals surface area contributed by atoms with E-state index in [1.54, 1.807) is 54.6 Å². The van der Waals surface area contributed by atoms with Gasteiger partial charge in [0.2, 0.25) is 0 Å². The minimum absolute atomic E-state index is 0.000295.